The van der Waals surface area contributed by atoms with Crippen LogP contribution in [-0.4, -0.2) is 17.3 Å². The van der Waals surface area contributed by atoms with Gasteiger partial charge in [0.15, 0.2) is 0 Å². The van der Waals surface area contributed by atoms with Crippen LogP contribution in [-0.2, 0) is 6.42 Å². The molecule has 0 aliphatic carbocycles. The van der Waals surface area contributed by atoms with E-state index in [4.69, 9.17) is 4.74 Å². The molecule has 0 saturated carbocycles. The van der Waals surface area contributed by atoms with Gasteiger partial charge in [-0.2, -0.15) is 12.6 Å². The highest BCUT2D eigenvalue weighted by atomic mass is 32.1. The van der Waals surface area contributed by atoms with Gasteiger partial charge in [0.05, 0.1) is 12.3 Å². The topological polar surface area (TPSA) is 22.1 Å². The van der Waals surface area contributed by atoms with Crippen LogP contribution in [0.15, 0.2) is 29.6 Å². The van der Waals surface area contributed by atoms with E-state index in [0.717, 1.165) is 34.2 Å². The van der Waals surface area contributed by atoms with Crippen LogP contribution in [0, 0.1) is 0 Å². The van der Waals surface area contributed by atoms with Crippen LogP contribution in [0.25, 0.3) is 10.6 Å². The molecule has 17 heavy (non-hydrogen) atoms. The summed E-state index contributed by atoms with van der Waals surface area (Å²) in [6.07, 6.45) is 0.927. The predicted molar refractivity (Wildman–Crippen MR) is 76.3 cm³/mol. The maximum atomic E-state index is 5.41. The van der Waals surface area contributed by atoms with Crippen molar-refractivity contribution in [3.8, 4) is 16.3 Å². The molecule has 0 aliphatic rings. The standard InChI is InChI=1S/C13H15NOS2/c1-2-15-12-5-3-10(4-6-12)13-14-11(7-8-16)9-17-13/h3-6,9,16H,2,7-8H2,1H3. The minimum atomic E-state index is 0.697. The SMILES string of the molecule is CCOc1ccc(-c2nc(CCS)cs2)cc1. The molecular weight excluding hydrogens is 250 g/mol. The summed E-state index contributed by atoms with van der Waals surface area (Å²) in [5, 5.41) is 3.16. The zero-order chi connectivity index (χ0) is 12.1. The van der Waals surface area contributed by atoms with Gasteiger partial charge < -0.3 is 4.74 Å². The monoisotopic (exact) mass is 265 g/mol. The quantitative estimate of drug-likeness (QED) is 0.833. The van der Waals surface area contributed by atoms with Crippen molar-refractivity contribution in [2.75, 3.05) is 12.4 Å². The van der Waals surface area contributed by atoms with Gasteiger partial charge in [-0.1, -0.05) is 0 Å². The molecule has 2 rings (SSSR count). The number of nitrogens with zero attached hydrogens (tertiary/aromatic N) is 1. The molecule has 1 heterocycles. The molecule has 2 aromatic rings. The van der Waals surface area contributed by atoms with Crippen LogP contribution >= 0.6 is 24.0 Å². The first-order valence-corrected chi connectivity index (χ1v) is 7.13. The van der Waals surface area contributed by atoms with Gasteiger partial charge in [0, 0.05) is 10.9 Å². The zero-order valence-electron chi connectivity index (χ0n) is 9.72. The Morgan fingerprint density at radius 3 is 2.71 bits per heavy atom. The number of hydrogen-bond donors (Lipinski definition) is 1. The minimum Gasteiger partial charge on any atom is -0.494 e. The second-order valence-corrected chi connectivity index (χ2v) is 4.88. The van der Waals surface area contributed by atoms with Crippen molar-refractivity contribution in [2.45, 2.75) is 13.3 Å². The average molecular weight is 265 g/mol. The smallest absolute Gasteiger partial charge is 0.123 e. The van der Waals surface area contributed by atoms with Crippen LogP contribution in [0.5, 0.6) is 5.75 Å². The average Bonchev–Trinajstić information content (AvgIpc) is 2.80. The van der Waals surface area contributed by atoms with Crippen molar-refractivity contribution in [2.24, 2.45) is 0 Å². The molecule has 0 amide bonds. The molecule has 0 aliphatic heterocycles. The fraction of sp³-hybridized carbons (Fsp3) is 0.308. The first kappa shape index (κ1) is 12.5. The summed E-state index contributed by atoms with van der Waals surface area (Å²) in [6.45, 7) is 2.68. The number of thiazole rings is 1. The molecule has 0 unspecified atom stereocenters. The molecule has 0 radical (unpaired) electrons. The molecule has 1 aromatic heterocycles. The summed E-state index contributed by atoms with van der Waals surface area (Å²) >= 11 is 5.89. The van der Waals surface area contributed by atoms with Crippen molar-refractivity contribution in [3.05, 3.63) is 35.3 Å². The Hall–Kier alpha value is -1.00. The van der Waals surface area contributed by atoms with Gasteiger partial charge in [-0.3, -0.25) is 0 Å². The normalized spacial score (nSPS) is 10.5. The van der Waals surface area contributed by atoms with Gasteiger partial charge >= 0.3 is 0 Å². The minimum absolute atomic E-state index is 0.697. The molecule has 4 heteroatoms. The highest BCUT2D eigenvalue weighted by molar-refractivity contribution is 7.80. The van der Waals surface area contributed by atoms with Gasteiger partial charge in [0.2, 0.25) is 0 Å². The molecule has 0 saturated heterocycles. The largest absolute Gasteiger partial charge is 0.494 e. The molecular formula is C13H15NOS2. The van der Waals surface area contributed by atoms with Crippen molar-refractivity contribution in [1.82, 2.24) is 4.98 Å². The van der Waals surface area contributed by atoms with Gasteiger partial charge in [-0.05, 0) is 43.4 Å². The number of rotatable bonds is 5. The van der Waals surface area contributed by atoms with Gasteiger partial charge in [-0.15, -0.1) is 11.3 Å². The van der Waals surface area contributed by atoms with E-state index in [2.05, 4.69) is 23.0 Å². The van der Waals surface area contributed by atoms with Crippen LogP contribution < -0.4 is 4.74 Å². The Kier molecular flexibility index (Phi) is 4.45. The molecule has 0 bridgehead atoms. The molecule has 1 aromatic carbocycles. The number of hydrogen-bond acceptors (Lipinski definition) is 4. The van der Waals surface area contributed by atoms with Crippen molar-refractivity contribution >= 4 is 24.0 Å². The van der Waals surface area contributed by atoms with E-state index in [-0.39, 0.29) is 0 Å². The molecule has 0 N–H and O–H groups in total. The Balaban J connectivity index is 2.15. The lowest BCUT2D eigenvalue weighted by molar-refractivity contribution is 0.340. The Bertz CT molecular complexity index is 465. The van der Waals surface area contributed by atoms with Crippen LogP contribution in [0.4, 0.5) is 0 Å². The van der Waals surface area contributed by atoms with E-state index in [9.17, 15) is 0 Å². The number of aromatic nitrogens is 1. The molecule has 0 atom stereocenters. The fourth-order valence-electron chi connectivity index (χ4n) is 1.53. The second-order valence-electron chi connectivity index (χ2n) is 3.57. The van der Waals surface area contributed by atoms with E-state index >= 15 is 0 Å². The van der Waals surface area contributed by atoms with Crippen molar-refractivity contribution in [3.63, 3.8) is 0 Å². The Morgan fingerprint density at radius 1 is 1.29 bits per heavy atom. The maximum absolute atomic E-state index is 5.41. The highest BCUT2D eigenvalue weighted by Gasteiger charge is 2.04. The number of benzene rings is 1. The Labute approximate surface area is 111 Å². The molecule has 2 nitrogen and oxygen atoms in total. The van der Waals surface area contributed by atoms with Gasteiger partial charge in [0.1, 0.15) is 10.8 Å². The lowest BCUT2D eigenvalue weighted by atomic mass is 10.2. The lowest BCUT2D eigenvalue weighted by Crippen LogP contribution is -1.90. The first-order chi connectivity index (χ1) is 8.33. The van der Waals surface area contributed by atoms with E-state index in [1.807, 2.05) is 31.2 Å². The maximum Gasteiger partial charge on any atom is 0.123 e. The molecule has 0 fully saturated rings. The van der Waals surface area contributed by atoms with Crippen molar-refractivity contribution in [1.29, 1.82) is 0 Å². The van der Waals surface area contributed by atoms with Gasteiger partial charge in [0.25, 0.3) is 0 Å². The zero-order valence-corrected chi connectivity index (χ0v) is 11.4. The fourth-order valence-corrected chi connectivity index (χ4v) is 2.62. The summed E-state index contributed by atoms with van der Waals surface area (Å²) in [5.41, 5.74) is 2.26. The van der Waals surface area contributed by atoms with Crippen molar-refractivity contribution < 1.29 is 4.74 Å². The summed E-state index contributed by atoms with van der Waals surface area (Å²) in [7, 11) is 0. The van der Waals surface area contributed by atoms with Crippen LogP contribution in [0.1, 0.15) is 12.6 Å². The van der Waals surface area contributed by atoms with E-state index in [1.54, 1.807) is 11.3 Å². The number of ether oxygens (including phenoxy) is 1. The highest BCUT2D eigenvalue weighted by Crippen LogP contribution is 2.25. The molecule has 90 valence electrons. The summed E-state index contributed by atoms with van der Waals surface area (Å²) in [5.74, 6) is 1.75. The number of thiol groups is 1. The predicted octanol–water partition coefficient (Wildman–Crippen LogP) is 3.68. The third-order valence-corrected chi connectivity index (χ3v) is 3.50. The Morgan fingerprint density at radius 2 is 2.06 bits per heavy atom. The third-order valence-electron chi connectivity index (χ3n) is 2.33. The first-order valence-electron chi connectivity index (χ1n) is 5.62. The lowest BCUT2D eigenvalue weighted by Gasteiger charge is -2.02. The second kappa shape index (κ2) is 6.07. The van der Waals surface area contributed by atoms with E-state index in [1.165, 1.54) is 0 Å². The summed E-state index contributed by atoms with van der Waals surface area (Å²) in [6, 6.07) is 8.07. The van der Waals surface area contributed by atoms with E-state index in [0.29, 0.717) is 6.61 Å². The van der Waals surface area contributed by atoms with E-state index < -0.39 is 0 Å². The summed E-state index contributed by atoms with van der Waals surface area (Å²) < 4.78 is 5.41. The third kappa shape index (κ3) is 3.23. The van der Waals surface area contributed by atoms with Crippen LogP contribution in [0.3, 0.4) is 0 Å². The number of aryl methyl sites for hydroxylation is 1. The summed E-state index contributed by atoms with van der Waals surface area (Å²) in [4.78, 5) is 4.57. The van der Waals surface area contributed by atoms with Gasteiger partial charge in [-0.25, -0.2) is 4.98 Å². The van der Waals surface area contributed by atoms with Crippen LogP contribution in [0.2, 0.25) is 0 Å². The molecule has 0 spiro atoms.